The van der Waals surface area contributed by atoms with Crippen molar-refractivity contribution < 1.29 is 4.79 Å². The number of aryl methyl sites for hydroxylation is 1. The van der Waals surface area contributed by atoms with Crippen LogP contribution < -0.4 is 4.80 Å². The molecule has 0 radical (unpaired) electrons. The van der Waals surface area contributed by atoms with E-state index in [9.17, 15) is 4.79 Å². The van der Waals surface area contributed by atoms with Crippen LogP contribution in [0.1, 0.15) is 33.8 Å². The van der Waals surface area contributed by atoms with Crippen LogP contribution in [0.4, 0.5) is 0 Å². The molecule has 0 spiro atoms. The maximum Gasteiger partial charge on any atom is 0.280 e. The van der Waals surface area contributed by atoms with Gasteiger partial charge >= 0.3 is 0 Å². The lowest BCUT2D eigenvalue weighted by molar-refractivity contribution is 0.0997. The molecule has 1 heterocycles. The molecular formula is C16H17IN2OS. The van der Waals surface area contributed by atoms with Crippen molar-refractivity contribution in [3.63, 3.8) is 0 Å². The number of thiazole rings is 1. The maximum absolute atomic E-state index is 12.4. The molecule has 0 N–H and O–H groups in total. The first-order valence-electron chi connectivity index (χ1n) is 7.06. The van der Waals surface area contributed by atoms with E-state index in [0.29, 0.717) is 5.56 Å². The van der Waals surface area contributed by atoms with Gasteiger partial charge in [-0.3, -0.25) is 4.79 Å². The van der Waals surface area contributed by atoms with Crippen LogP contribution in [0.15, 0.2) is 29.3 Å². The van der Waals surface area contributed by atoms with Crippen molar-refractivity contribution in [3.8, 4) is 0 Å². The van der Waals surface area contributed by atoms with E-state index >= 15 is 0 Å². The van der Waals surface area contributed by atoms with Crippen LogP contribution in [-0.2, 0) is 6.54 Å². The zero-order chi connectivity index (χ0) is 15.0. The SMILES string of the molecule is Cc1s/c(=N\C(=O)c2ccccc2I)n(CC2CC2)c1C. The van der Waals surface area contributed by atoms with Crippen LogP contribution in [0.5, 0.6) is 0 Å². The molecule has 3 rings (SSSR count). The van der Waals surface area contributed by atoms with Gasteiger partial charge in [-0.15, -0.1) is 11.3 Å². The van der Waals surface area contributed by atoms with E-state index in [0.717, 1.165) is 20.8 Å². The molecule has 0 saturated heterocycles. The minimum Gasteiger partial charge on any atom is -0.320 e. The third kappa shape index (κ3) is 3.29. The highest BCUT2D eigenvalue weighted by atomic mass is 127. The predicted molar refractivity (Wildman–Crippen MR) is 93.6 cm³/mol. The second-order valence-electron chi connectivity index (χ2n) is 5.48. The smallest absolute Gasteiger partial charge is 0.280 e. The Hall–Kier alpha value is -0.950. The van der Waals surface area contributed by atoms with Gasteiger partial charge in [-0.05, 0) is 67.3 Å². The fraction of sp³-hybridized carbons (Fsp3) is 0.375. The molecule has 1 fully saturated rings. The first-order valence-corrected chi connectivity index (χ1v) is 8.96. The maximum atomic E-state index is 12.4. The summed E-state index contributed by atoms with van der Waals surface area (Å²) in [5.41, 5.74) is 1.92. The fourth-order valence-electron chi connectivity index (χ4n) is 2.24. The van der Waals surface area contributed by atoms with E-state index in [2.05, 4.69) is 46.0 Å². The van der Waals surface area contributed by atoms with Crippen molar-refractivity contribution in [2.45, 2.75) is 33.2 Å². The molecule has 1 aromatic heterocycles. The average molecular weight is 412 g/mol. The number of amides is 1. The molecule has 1 aliphatic carbocycles. The highest BCUT2D eigenvalue weighted by Crippen LogP contribution is 2.31. The molecule has 3 nitrogen and oxygen atoms in total. The van der Waals surface area contributed by atoms with Crippen molar-refractivity contribution in [2.75, 3.05) is 0 Å². The van der Waals surface area contributed by atoms with Gasteiger partial charge in [-0.2, -0.15) is 4.99 Å². The van der Waals surface area contributed by atoms with Crippen molar-refractivity contribution >= 4 is 39.8 Å². The van der Waals surface area contributed by atoms with Crippen LogP contribution in [0, 0.1) is 23.3 Å². The van der Waals surface area contributed by atoms with E-state index < -0.39 is 0 Å². The van der Waals surface area contributed by atoms with E-state index in [1.54, 1.807) is 11.3 Å². The van der Waals surface area contributed by atoms with Crippen LogP contribution in [0.25, 0.3) is 0 Å². The Morgan fingerprint density at radius 3 is 2.76 bits per heavy atom. The lowest BCUT2D eigenvalue weighted by Crippen LogP contribution is -2.19. The number of nitrogens with zero attached hydrogens (tertiary/aromatic N) is 2. The summed E-state index contributed by atoms with van der Waals surface area (Å²) in [4.78, 5) is 18.9. The van der Waals surface area contributed by atoms with Gasteiger partial charge in [0, 0.05) is 20.7 Å². The molecule has 0 bridgehead atoms. The highest BCUT2D eigenvalue weighted by Gasteiger charge is 2.23. The van der Waals surface area contributed by atoms with Gasteiger partial charge in [-0.1, -0.05) is 12.1 Å². The molecular weight excluding hydrogens is 395 g/mol. The number of carbonyl (C=O) groups is 1. The lowest BCUT2D eigenvalue weighted by Gasteiger charge is -2.04. The molecule has 0 atom stereocenters. The van der Waals surface area contributed by atoms with Crippen molar-refractivity contribution in [2.24, 2.45) is 10.9 Å². The largest absolute Gasteiger partial charge is 0.320 e. The monoisotopic (exact) mass is 412 g/mol. The summed E-state index contributed by atoms with van der Waals surface area (Å²) in [6.07, 6.45) is 2.59. The minimum absolute atomic E-state index is 0.147. The molecule has 1 aromatic carbocycles. The van der Waals surface area contributed by atoms with Crippen molar-refractivity contribution in [1.82, 2.24) is 4.57 Å². The number of rotatable bonds is 3. The van der Waals surface area contributed by atoms with E-state index in [-0.39, 0.29) is 5.91 Å². The van der Waals surface area contributed by atoms with Gasteiger partial charge in [0.2, 0.25) is 0 Å². The highest BCUT2D eigenvalue weighted by molar-refractivity contribution is 14.1. The van der Waals surface area contributed by atoms with E-state index in [1.807, 2.05) is 24.3 Å². The Bertz CT molecular complexity index is 756. The Morgan fingerprint density at radius 2 is 2.10 bits per heavy atom. The zero-order valence-corrected chi connectivity index (χ0v) is 15.1. The summed E-state index contributed by atoms with van der Waals surface area (Å²) in [6, 6.07) is 7.60. The topological polar surface area (TPSA) is 34.4 Å². The van der Waals surface area contributed by atoms with E-state index in [4.69, 9.17) is 0 Å². The first kappa shape index (κ1) is 15.0. The molecule has 0 aliphatic heterocycles. The number of aromatic nitrogens is 1. The summed E-state index contributed by atoms with van der Waals surface area (Å²) in [7, 11) is 0. The predicted octanol–water partition coefficient (Wildman–Crippen LogP) is 3.92. The van der Waals surface area contributed by atoms with Gasteiger partial charge in [0.05, 0.1) is 5.56 Å². The normalized spacial score (nSPS) is 15.5. The third-order valence-corrected chi connectivity index (χ3v) is 5.87. The lowest BCUT2D eigenvalue weighted by atomic mass is 10.2. The summed E-state index contributed by atoms with van der Waals surface area (Å²) in [5, 5.41) is 0. The van der Waals surface area contributed by atoms with Crippen molar-refractivity contribution in [3.05, 3.63) is 48.8 Å². The van der Waals surface area contributed by atoms with Crippen molar-refractivity contribution in [1.29, 1.82) is 0 Å². The standard InChI is InChI=1S/C16H17IN2OS/c1-10-11(2)21-16(19(10)9-12-7-8-12)18-15(20)13-5-3-4-6-14(13)17/h3-6,12H,7-9H2,1-2H3/b18-16-. The Kier molecular flexibility index (Phi) is 4.31. The number of halogens is 1. The molecule has 110 valence electrons. The molecule has 1 aliphatic rings. The average Bonchev–Trinajstić information content (AvgIpc) is 3.23. The summed E-state index contributed by atoms with van der Waals surface area (Å²) < 4.78 is 3.16. The van der Waals surface area contributed by atoms with Crippen LogP contribution in [-0.4, -0.2) is 10.5 Å². The Labute approximate surface area is 141 Å². The van der Waals surface area contributed by atoms with Gasteiger partial charge in [-0.25, -0.2) is 0 Å². The van der Waals surface area contributed by atoms with Gasteiger partial charge < -0.3 is 4.57 Å². The fourth-order valence-corrected chi connectivity index (χ4v) is 3.84. The van der Waals surface area contributed by atoms with Gasteiger partial charge in [0.15, 0.2) is 4.80 Å². The molecule has 21 heavy (non-hydrogen) atoms. The van der Waals surface area contributed by atoms with Crippen LogP contribution >= 0.6 is 33.9 Å². The zero-order valence-electron chi connectivity index (χ0n) is 12.1. The number of hydrogen-bond donors (Lipinski definition) is 0. The minimum atomic E-state index is -0.147. The third-order valence-electron chi connectivity index (χ3n) is 3.83. The van der Waals surface area contributed by atoms with Crippen LogP contribution in [0.2, 0.25) is 0 Å². The van der Waals surface area contributed by atoms with Gasteiger partial charge in [0.25, 0.3) is 5.91 Å². The second kappa shape index (κ2) is 6.04. The molecule has 5 heteroatoms. The molecule has 0 unspecified atom stereocenters. The Balaban J connectivity index is 2.01. The van der Waals surface area contributed by atoms with Crippen LogP contribution in [0.3, 0.4) is 0 Å². The summed E-state index contributed by atoms with van der Waals surface area (Å²) >= 11 is 3.80. The number of benzene rings is 1. The quantitative estimate of drug-likeness (QED) is 0.704. The second-order valence-corrected chi connectivity index (χ2v) is 7.82. The summed E-state index contributed by atoms with van der Waals surface area (Å²) in [5.74, 6) is 0.620. The molecule has 2 aromatic rings. The number of carbonyl (C=O) groups excluding carboxylic acids is 1. The number of hydrogen-bond acceptors (Lipinski definition) is 2. The van der Waals surface area contributed by atoms with E-state index in [1.165, 1.54) is 23.4 Å². The molecule has 1 amide bonds. The van der Waals surface area contributed by atoms with Gasteiger partial charge in [0.1, 0.15) is 0 Å². The Morgan fingerprint density at radius 1 is 1.38 bits per heavy atom. The first-order chi connectivity index (χ1) is 10.1. The summed E-state index contributed by atoms with van der Waals surface area (Å²) in [6.45, 7) is 5.21. The molecule has 1 saturated carbocycles.